The van der Waals surface area contributed by atoms with Crippen LogP contribution >= 0.6 is 0 Å². The topological polar surface area (TPSA) is 36.9 Å². The Morgan fingerprint density at radius 2 is 1.39 bits per heavy atom. The molecule has 0 unspecified atom stereocenters. The van der Waals surface area contributed by atoms with E-state index in [0.717, 1.165) is 17.0 Å². The van der Waals surface area contributed by atoms with Crippen molar-refractivity contribution in [3.63, 3.8) is 0 Å². The third-order valence-electron chi connectivity index (χ3n) is 4.23. The maximum absolute atomic E-state index is 6.15. The van der Waals surface area contributed by atoms with Crippen LogP contribution in [-0.2, 0) is 9.31 Å². The zero-order valence-corrected chi connectivity index (χ0v) is 15.6. The van der Waals surface area contributed by atoms with Crippen molar-refractivity contribution in [3.05, 3.63) is 18.2 Å². The van der Waals surface area contributed by atoms with E-state index in [2.05, 4.69) is 0 Å². The average Bonchev–Trinajstić information content (AvgIpc) is 2.56. The Bertz CT molecular complexity index is 536. The molecule has 1 aliphatic heterocycles. The van der Waals surface area contributed by atoms with Crippen molar-refractivity contribution in [1.29, 1.82) is 0 Å². The van der Waals surface area contributed by atoms with Crippen LogP contribution in [0.2, 0.25) is 0 Å². The van der Waals surface area contributed by atoms with Gasteiger partial charge >= 0.3 is 7.12 Å². The fourth-order valence-electron chi connectivity index (χ4n) is 2.38. The molecule has 1 aromatic carbocycles. The van der Waals surface area contributed by atoms with E-state index in [1.807, 2.05) is 73.6 Å². The van der Waals surface area contributed by atoms with E-state index in [0.29, 0.717) is 0 Å². The highest BCUT2D eigenvalue weighted by Crippen LogP contribution is 2.37. The quantitative estimate of drug-likeness (QED) is 0.778. The van der Waals surface area contributed by atoms with E-state index in [4.69, 9.17) is 18.8 Å². The minimum Gasteiger partial charge on any atom is -0.491 e. The van der Waals surface area contributed by atoms with Crippen molar-refractivity contribution < 1.29 is 18.8 Å². The summed E-state index contributed by atoms with van der Waals surface area (Å²) in [6, 6.07) is 5.82. The normalized spacial score (nSPS) is 19.5. The summed E-state index contributed by atoms with van der Waals surface area (Å²) in [7, 11) is -0.443. The third-order valence-corrected chi connectivity index (χ3v) is 4.23. The standard InChI is InChI=1S/C18H29BO4/c1-12(2)20-14-9-10-15(16(11-14)21-13(3)4)19-22-17(5,6)18(7,8)23-19/h9-13H,1-8H3. The van der Waals surface area contributed by atoms with Crippen molar-refractivity contribution in [2.75, 3.05) is 0 Å². The SMILES string of the molecule is CC(C)Oc1ccc(B2OC(C)(C)C(C)(C)O2)c(OC(C)C)c1. The van der Waals surface area contributed by atoms with Gasteiger partial charge in [-0.05, 0) is 61.5 Å². The zero-order chi connectivity index (χ0) is 17.4. The van der Waals surface area contributed by atoms with Crippen molar-refractivity contribution in [2.24, 2.45) is 0 Å². The summed E-state index contributed by atoms with van der Waals surface area (Å²) in [6.45, 7) is 16.2. The molecule has 0 spiro atoms. The maximum Gasteiger partial charge on any atom is 0.498 e. The highest BCUT2D eigenvalue weighted by atomic mass is 16.7. The Morgan fingerprint density at radius 3 is 1.87 bits per heavy atom. The van der Waals surface area contributed by atoms with Crippen molar-refractivity contribution in [2.45, 2.75) is 78.8 Å². The second kappa shape index (κ2) is 6.37. The van der Waals surface area contributed by atoms with Crippen molar-refractivity contribution in [3.8, 4) is 11.5 Å². The van der Waals surface area contributed by atoms with E-state index in [1.54, 1.807) is 0 Å². The minimum atomic E-state index is -0.443. The van der Waals surface area contributed by atoms with E-state index in [-0.39, 0.29) is 23.4 Å². The molecule has 5 heteroatoms. The van der Waals surface area contributed by atoms with Gasteiger partial charge in [-0.15, -0.1) is 0 Å². The Hall–Kier alpha value is -1.20. The molecule has 4 nitrogen and oxygen atoms in total. The summed E-state index contributed by atoms with van der Waals surface area (Å²) in [5, 5.41) is 0. The molecule has 0 N–H and O–H groups in total. The number of hydrogen-bond acceptors (Lipinski definition) is 4. The highest BCUT2D eigenvalue weighted by molar-refractivity contribution is 6.63. The number of benzene rings is 1. The molecule has 1 fully saturated rings. The van der Waals surface area contributed by atoms with Crippen molar-refractivity contribution >= 4 is 12.6 Å². The molecule has 128 valence electrons. The molecule has 1 aliphatic rings. The van der Waals surface area contributed by atoms with Crippen molar-refractivity contribution in [1.82, 2.24) is 0 Å². The number of hydrogen-bond donors (Lipinski definition) is 0. The molecular formula is C18H29BO4. The van der Waals surface area contributed by atoms with Gasteiger partial charge in [0.25, 0.3) is 0 Å². The van der Waals surface area contributed by atoms with Gasteiger partial charge in [0, 0.05) is 11.5 Å². The van der Waals surface area contributed by atoms with E-state index < -0.39 is 7.12 Å². The summed E-state index contributed by atoms with van der Waals surface area (Å²) in [5.41, 5.74) is 0.146. The van der Waals surface area contributed by atoms with E-state index >= 15 is 0 Å². The predicted octanol–water partition coefficient (Wildman–Crippen LogP) is 3.56. The molecular weight excluding hydrogens is 291 g/mol. The van der Waals surface area contributed by atoms with Crippen LogP contribution in [0.4, 0.5) is 0 Å². The molecule has 0 amide bonds. The fourth-order valence-corrected chi connectivity index (χ4v) is 2.38. The lowest BCUT2D eigenvalue weighted by Gasteiger charge is -2.32. The van der Waals surface area contributed by atoms with Crippen LogP contribution in [0.1, 0.15) is 55.4 Å². The average molecular weight is 320 g/mol. The lowest BCUT2D eigenvalue weighted by atomic mass is 9.78. The first-order chi connectivity index (χ1) is 10.5. The molecule has 1 saturated heterocycles. The monoisotopic (exact) mass is 320 g/mol. The summed E-state index contributed by atoms with van der Waals surface area (Å²) in [5.74, 6) is 1.53. The molecule has 23 heavy (non-hydrogen) atoms. The van der Waals surface area contributed by atoms with Gasteiger partial charge in [-0.1, -0.05) is 6.07 Å². The molecule has 0 aliphatic carbocycles. The van der Waals surface area contributed by atoms with Gasteiger partial charge in [-0.2, -0.15) is 0 Å². The molecule has 1 heterocycles. The largest absolute Gasteiger partial charge is 0.498 e. The summed E-state index contributed by atoms with van der Waals surface area (Å²) < 4.78 is 24.1. The van der Waals surface area contributed by atoms with Crippen LogP contribution in [-0.4, -0.2) is 30.5 Å². The van der Waals surface area contributed by atoms with Gasteiger partial charge in [-0.3, -0.25) is 0 Å². The predicted molar refractivity (Wildman–Crippen MR) is 93.7 cm³/mol. The Kier molecular flexibility index (Phi) is 5.02. The first-order valence-corrected chi connectivity index (χ1v) is 8.35. The van der Waals surface area contributed by atoms with Gasteiger partial charge in [0.2, 0.25) is 0 Å². The number of ether oxygens (including phenoxy) is 2. The summed E-state index contributed by atoms with van der Waals surface area (Å²) in [4.78, 5) is 0. The van der Waals surface area contributed by atoms with Gasteiger partial charge in [0.05, 0.1) is 23.4 Å². The van der Waals surface area contributed by atoms with Crippen LogP contribution in [0.15, 0.2) is 18.2 Å². The van der Waals surface area contributed by atoms with Crippen LogP contribution in [0, 0.1) is 0 Å². The third kappa shape index (κ3) is 4.02. The summed E-state index contributed by atoms with van der Waals surface area (Å²) >= 11 is 0. The van der Waals surface area contributed by atoms with Crippen LogP contribution in [0.25, 0.3) is 0 Å². The lowest BCUT2D eigenvalue weighted by molar-refractivity contribution is 0.00578. The maximum atomic E-state index is 6.15. The van der Waals surface area contributed by atoms with E-state index in [9.17, 15) is 0 Å². The first-order valence-electron chi connectivity index (χ1n) is 8.35. The summed E-state index contributed by atoms with van der Waals surface area (Å²) in [6.07, 6.45) is 0.176. The van der Waals surface area contributed by atoms with Crippen LogP contribution in [0.3, 0.4) is 0 Å². The zero-order valence-electron chi connectivity index (χ0n) is 15.6. The molecule has 0 atom stereocenters. The minimum absolute atomic E-state index is 0.0606. The van der Waals surface area contributed by atoms with Gasteiger partial charge < -0.3 is 18.8 Å². The second-order valence-corrected chi connectivity index (χ2v) is 7.62. The fraction of sp³-hybridized carbons (Fsp3) is 0.667. The van der Waals surface area contributed by atoms with Gasteiger partial charge in [0.15, 0.2) is 0 Å². The van der Waals surface area contributed by atoms with Gasteiger partial charge in [-0.25, -0.2) is 0 Å². The molecule has 2 rings (SSSR count). The highest BCUT2D eigenvalue weighted by Gasteiger charge is 2.52. The Morgan fingerprint density at radius 1 is 0.870 bits per heavy atom. The lowest BCUT2D eigenvalue weighted by Crippen LogP contribution is -2.41. The molecule has 1 aromatic rings. The van der Waals surface area contributed by atoms with Crippen LogP contribution in [0.5, 0.6) is 11.5 Å². The molecule has 0 bridgehead atoms. The van der Waals surface area contributed by atoms with E-state index in [1.165, 1.54) is 0 Å². The van der Waals surface area contributed by atoms with Crippen LogP contribution < -0.4 is 14.9 Å². The smallest absolute Gasteiger partial charge is 0.491 e. The van der Waals surface area contributed by atoms with Gasteiger partial charge in [0.1, 0.15) is 11.5 Å². The molecule has 0 saturated carbocycles. The number of rotatable bonds is 5. The first kappa shape index (κ1) is 18.1. The Labute approximate surface area is 140 Å². The Balaban J connectivity index is 2.34. The second-order valence-electron chi connectivity index (χ2n) is 7.62. The molecule has 0 radical (unpaired) electrons. The molecule has 0 aromatic heterocycles.